The standard InChI is InChI=1S/C19H21N3O2S/c1-14(23)15-2-4-16(5-3-15)20-19(25)22-12-10-21(11-13-22)17-6-8-18(24)9-7-17/h2-9,24H,10-13H2,1H3,(H,20,25). The molecular weight excluding hydrogens is 334 g/mol. The monoisotopic (exact) mass is 355 g/mol. The molecule has 0 aromatic heterocycles. The molecule has 2 aromatic rings. The smallest absolute Gasteiger partial charge is 0.173 e. The van der Waals surface area contributed by atoms with E-state index in [-0.39, 0.29) is 11.5 Å². The van der Waals surface area contributed by atoms with Crippen molar-refractivity contribution in [2.75, 3.05) is 36.4 Å². The molecule has 1 saturated heterocycles. The SMILES string of the molecule is CC(=O)c1ccc(NC(=S)N2CCN(c3ccc(O)cc3)CC2)cc1. The fourth-order valence-electron chi connectivity index (χ4n) is 2.82. The van der Waals surface area contributed by atoms with Crippen LogP contribution in [0.25, 0.3) is 0 Å². The van der Waals surface area contributed by atoms with Crippen LogP contribution in [0, 0.1) is 0 Å². The van der Waals surface area contributed by atoms with E-state index in [4.69, 9.17) is 12.2 Å². The van der Waals surface area contributed by atoms with Crippen molar-refractivity contribution in [3.8, 4) is 5.75 Å². The van der Waals surface area contributed by atoms with E-state index < -0.39 is 0 Å². The van der Waals surface area contributed by atoms with E-state index in [1.54, 1.807) is 31.2 Å². The first-order valence-electron chi connectivity index (χ1n) is 8.24. The number of nitrogens with zero attached hydrogens (tertiary/aromatic N) is 2. The van der Waals surface area contributed by atoms with Crippen molar-refractivity contribution in [1.29, 1.82) is 0 Å². The second-order valence-electron chi connectivity index (χ2n) is 6.05. The van der Waals surface area contributed by atoms with Gasteiger partial charge in [-0.2, -0.15) is 0 Å². The van der Waals surface area contributed by atoms with E-state index in [2.05, 4.69) is 15.1 Å². The van der Waals surface area contributed by atoms with Crippen LogP contribution in [-0.2, 0) is 0 Å². The predicted molar refractivity (Wildman–Crippen MR) is 105 cm³/mol. The van der Waals surface area contributed by atoms with Crippen LogP contribution in [0.4, 0.5) is 11.4 Å². The molecule has 1 heterocycles. The molecule has 0 radical (unpaired) electrons. The van der Waals surface area contributed by atoms with Gasteiger partial charge in [0, 0.05) is 43.1 Å². The number of ketones is 1. The summed E-state index contributed by atoms with van der Waals surface area (Å²) in [5, 5.41) is 13.3. The minimum Gasteiger partial charge on any atom is -0.508 e. The molecular formula is C19H21N3O2S. The minimum atomic E-state index is 0.0551. The normalized spacial score (nSPS) is 14.3. The molecule has 6 heteroatoms. The third-order valence-electron chi connectivity index (χ3n) is 4.32. The molecule has 0 saturated carbocycles. The number of benzene rings is 2. The summed E-state index contributed by atoms with van der Waals surface area (Å²) in [4.78, 5) is 15.7. The van der Waals surface area contributed by atoms with Crippen LogP contribution in [0.2, 0.25) is 0 Å². The van der Waals surface area contributed by atoms with Crippen LogP contribution >= 0.6 is 12.2 Å². The Bertz CT molecular complexity index is 751. The first kappa shape index (κ1) is 17.2. The summed E-state index contributed by atoms with van der Waals surface area (Å²) in [7, 11) is 0. The van der Waals surface area contributed by atoms with Gasteiger partial charge in [-0.15, -0.1) is 0 Å². The Balaban J connectivity index is 1.54. The number of carbonyl (C=O) groups is 1. The molecule has 0 unspecified atom stereocenters. The number of hydrogen-bond acceptors (Lipinski definition) is 4. The van der Waals surface area contributed by atoms with Crippen molar-refractivity contribution >= 4 is 34.5 Å². The predicted octanol–water partition coefficient (Wildman–Crippen LogP) is 3.11. The van der Waals surface area contributed by atoms with E-state index in [1.165, 1.54) is 0 Å². The lowest BCUT2D eigenvalue weighted by molar-refractivity contribution is 0.101. The van der Waals surface area contributed by atoms with Gasteiger partial charge in [-0.1, -0.05) is 0 Å². The zero-order valence-corrected chi connectivity index (χ0v) is 14.9. The van der Waals surface area contributed by atoms with E-state index in [0.29, 0.717) is 10.7 Å². The summed E-state index contributed by atoms with van der Waals surface area (Å²) >= 11 is 5.51. The average molecular weight is 355 g/mol. The van der Waals surface area contributed by atoms with Gasteiger partial charge in [-0.3, -0.25) is 4.79 Å². The van der Waals surface area contributed by atoms with E-state index >= 15 is 0 Å². The Morgan fingerprint density at radius 1 is 1.00 bits per heavy atom. The molecule has 1 aliphatic rings. The lowest BCUT2D eigenvalue weighted by atomic mass is 10.1. The van der Waals surface area contributed by atoms with Gasteiger partial charge in [0.2, 0.25) is 0 Å². The average Bonchev–Trinajstić information content (AvgIpc) is 2.63. The first-order chi connectivity index (χ1) is 12.0. The van der Waals surface area contributed by atoms with Gasteiger partial charge in [-0.25, -0.2) is 0 Å². The summed E-state index contributed by atoms with van der Waals surface area (Å²) in [5.41, 5.74) is 2.69. The third-order valence-corrected chi connectivity index (χ3v) is 4.68. The second-order valence-corrected chi connectivity index (χ2v) is 6.44. The van der Waals surface area contributed by atoms with Crippen LogP contribution in [0.5, 0.6) is 5.75 Å². The highest BCUT2D eigenvalue weighted by Gasteiger charge is 2.19. The van der Waals surface area contributed by atoms with Gasteiger partial charge in [0.15, 0.2) is 10.9 Å². The molecule has 0 bridgehead atoms. The van der Waals surface area contributed by atoms with Crippen molar-refractivity contribution in [2.24, 2.45) is 0 Å². The maximum atomic E-state index is 11.3. The Morgan fingerprint density at radius 3 is 2.16 bits per heavy atom. The molecule has 25 heavy (non-hydrogen) atoms. The second kappa shape index (κ2) is 7.53. The number of anilines is 2. The Hall–Kier alpha value is -2.60. The molecule has 0 amide bonds. The molecule has 130 valence electrons. The number of hydrogen-bond donors (Lipinski definition) is 2. The lowest BCUT2D eigenvalue weighted by Crippen LogP contribution is -2.50. The number of phenols is 1. The van der Waals surface area contributed by atoms with E-state index in [9.17, 15) is 9.90 Å². The van der Waals surface area contributed by atoms with Crippen molar-refractivity contribution in [2.45, 2.75) is 6.92 Å². The van der Waals surface area contributed by atoms with Gasteiger partial charge in [-0.05, 0) is 67.7 Å². The summed E-state index contributed by atoms with van der Waals surface area (Å²) in [6.45, 7) is 4.96. The maximum absolute atomic E-state index is 11.3. The number of Topliss-reactive ketones (excluding diaryl/α,β-unsaturated/α-hetero) is 1. The van der Waals surface area contributed by atoms with Crippen LogP contribution < -0.4 is 10.2 Å². The van der Waals surface area contributed by atoms with Gasteiger partial charge < -0.3 is 20.2 Å². The minimum absolute atomic E-state index is 0.0551. The van der Waals surface area contributed by atoms with Gasteiger partial charge in [0.05, 0.1) is 0 Å². The van der Waals surface area contributed by atoms with Crippen LogP contribution in [0.3, 0.4) is 0 Å². The molecule has 3 rings (SSSR count). The van der Waals surface area contributed by atoms with Crippen LogP contribution in [0.1, 0.15) is 17.3 Å². The molecule has 0 atom stereocenters. The van der Waals surface area contributed by atoms with Gasteiger partial charge >= 0.3 is 0 Å². The summed E-state index contributed by atoms with van der Waals surface area (Å²) in [5.74, 6) is 0.336. The number of rotatable bonds is 3. The number of thiocarbonyl (C=S) groups is 1. The first-order valence-corrected chi connectivity index (χ1v) is 8.64. The summed E-state index contributed by atoms with van der Waals surface area (Å²) < 4.78 is 0. The van der Waals surface area contributed by atoms with Crippen molar-refractivity contribution in [3.05, 3.63) is 54.1 Å². The largest absolute Gasteiger partial charge is 0.508 e. The van der Waals surface area contributed by atoms with Gasteiger partial charge in [0.25, 0.3) is 0 Å². The zero-order valence-electron chi connectivity index (χ0n) is 14.1. The number of piperazine rings is 1. The summed E-state index contributed by atoms with van der Waals surface area (Å²) in [6.07, 6.45) is 0. The zero-order chi connectivity index (χ0) is 17.8. The Morgan fingerprint density at radius 2 is 1.60 bits per heavy atom. The quantitative estimate of drug-likeness (QED) is 0.652. The lowest BCUT2D eigenvalue weighted by Gasteiger charge is -2.37. The fraction of sp³-hybridized carbons (Fsp3) is 0.263. The summed E-state index contributed by atoms with van der Waals surface area (Å²) in [6, 6.07) is 14.6. The molecule has 0 spiro atoms. The highest BCUT2D eigenvalue weighted by Crippen LogP contribution is 2.20. The molecule has 2 N–H and O–H groups in total. The Kier molecular flexibility index (Phi) is 5.19. The highest BCUT2D eigenvalue weighted by atomic mass is 32.1. The number of phenolic OH excluding ortho intramolecular Hbond substituents is 1. The number of carbonyl (C=O) groups excluding carboxylic acids is 1. The third kappa shape index (κ3) is 4.28. The fourth-order valence-corrected chi connectivity index (χ4v) is 3.12. The van der Waals surface area contributed by atoms with Crippen molar-refractivity contribution < 1.29 is 9.90 Å². The molecule has 2 aromatic carbocycles. The van der Waals surface area contributed by atoms with Crippen molar-refractivity contribution in [3.63, 3.8) is 0 Å². The van der Waals surface area contributed by atoms with Crippen LogP contribution in [0.15, 0.2) is 48.5 Å². The van der Waals surface area contributed by atoms with E-state index in [0.717, 1.165) is 37.6 Å². The number of nitrogens with one attached hydrogen (secondary N) is 1. The van der Waals surface area contributed by atoms with Crippen LogP contribution in [-0.4, -0.2) is 47.1 Å². The molecule has 1 aliphatic heterocycles. The maximum Gasteiger partial charge on any atom is 0.173 e. The number of aromatic hydroxyl groups is 1. The molecule has 1 fully saturated rings. The van der Waals surface area contributed by atoms with E-state index in [1.807, 2.05) is 24.3 Å². The molecule has 5 nitrogen and oxygen atoms in total. The topological polar surface area (TPSA) is 55.8 Å². The molecule has 0 aliphatic carbocycles. The highest BCUT2D eigenvalue weighted by molar-refractivity contribution is 7.80. The Labute approximate surface area is 152 Å². The van der Waals surface area contributed by atoms with Gasteiger partial charge in [0.1, 0.15) is 5.75 Å². The van der Waals surface area contributed by atoms with Crippen molar-refractivity contribution in [1.82, 2.24) is 4.90 Å².